The van der Waals surface area contributed by atoms with Gasteiger partial charge in [0.05, 0.1) is 17.2 Å². The molecule has 0 aromatic heterocycles. The van der Waals surface area contributed by atoms with Gasteiger partial charge in [-0.15, -0.1) is 0 Å². The smallest absolute Gasteiger partial charge is 0.261 e. The van der Waals surface area contributed by atoms with E-state index in [-0.39, 0.29) is 29.8 Å². The van der Waals surface area contributed by atoms with Gasteiger partial charge in [-0.05, 0) is 43.7 Å². The van der Waals surface area contributed by atoms with Crippen LogP contribution in [-0.4, -0.2) is 65.1 Å². The van der Waals surface area contributed by atoms with Crippen LogP contribution in [0.2, 0.25) is 0 Å². The molecule has 3 amide bonds. The maximum Gasteiger partial charge on any atom is 0.261 e. The number of hydrogen-bond acceptors (Lipinski definition) is 4. The van der Waals surface area contributed by atoms with Crippen LogP contribution in [-0.2, 0) is 0 Å². The highest BCUT2D eigenvalue weighted by atomic mass is 16.2. The van der Waals surface area contributed by atoms with Crippen LogP contribution >= 0.6 is 0 Å². The topological polar surface area (TPSA) is 60.9 Å². The number of rotatable bonds is 3. The van der Waals surface area contributed by atoms with Gasteiger partial charge in [-0.25, -0.2) is 0 Å². The Morgan fingerprint density at radius 2 is 1.59 bits per heavy atom. The summed E-state index contributed by atoms with van der Waals surface area (Å²) in [5.41, 5.74) is 2.37. The summed E-state index contributed by atoms with van der Waals surface area (Å²) < 4.78 is 0. The molecule has 2 heterocycles. The molecular formula is C26H29N3O3. The fourth-order valence-electron chi connectivity index (χ4n) is 5.35. The largest absolute Gasteiger partial charge is 0.329 e. The Bertz CT molecular complexity index is 1050. The van der Waals surface area contributed by atoms with Crippen molar-refractivity contribution in [3.8, 4) is 0 Å². The van der Waals surface area contributed by atoms with E-state index in [1.165, 1.54) is 4.90 Å². The van der Waals surface area contributed by atoms with E-state index in [9.17, 15) is 14.4 Å². The lowest BCUT2D eigenvalue weighted by atomic mass is 9.94. The molecule has 3 aliphatic rings. The maximum absolute atomic E-state index is 13.6. The molecule has 1 atom stereocenters. The monoisotopic (exact) mass is 431 g/mol. The van der Waals surface area contributed by atoms with Crippen LogP contribution < -0.4 is 0 Å². The standard InChI is InChI=1S/C26H29N3O3/c1-27-14-15-28(23(17-27)18-8-4-2-5-9-18)24(30)19-12-13-21-22(16-19)26(32)29(25(21)31)20-10-6-3-7-11-20/h2,4-5,8-9,12-13,16,20,23H,3,6-7,10-11,14-15,17H2,1H3. The summed E-state index contributed by atoms with van der Waals surface area (Å²) in [5, 5.41) is 0. The highest BCUT2D eigenvalue weighted by Gasteiger charge is 2.41. The van der Waals surface area contributed by atoms with Crippen LogP contribution in [0.3, 0.4) is 0 Å². The van der Waals surface area contributed by atoms with Crippen molar-refractivity contribution in [2.24, 2.45) is 0 Å². The molecule has 166 valence electrons. The van der Waals surface area contributed by atoms with Gasteiger partial charge in [-0.2, -0.15) is 0 Å². The summed E-state index contributed by atoms with van der Waals surface area (Å²) >= 11 is 0. The molecular weight excluding hydrogens is 402 g/mol. The quantitative estimate of drug-likeness (QED) is 0.695. The summed E-state index contributed by atoms with van der Waals surface area (Å²) in [6.07, 6.45) is 5.00. The average molecular weight is 432 g/mol. The van der Waals surface area contributed by atoms with Crippen molar-refractivity contribution in [1.82, 2.24) is 14.7 Å². The van der Waals surface area contributed by atoms with Crippen molar-refractivity contribution in [2.45, 2.75) is 44.2 Å². The zero-order valence-corrected chi connectivity index (χ0v) is 18.5. The van der Waals surface area contributed by atoms with Crippen molar-refractivity contribution in [2.75, 3.05) is 26.7 Å². The third-order valence-corrected chi connectivity index (χ3v) is 7.13. The average Bonchev–Trinajstić information content (AvgIpc) is 3.09. The molecule has 6 heteroatoms. The number of nitrogens with zero attached hydrogens (tertiary/aromatic N) is 3. The van der Waals surface area contributed by atoms with Gasteiger partial charge in [-0.3, -0.25) is 19.3 Å². The second-order valence-electron chi connectivity index (χ2n) is 9.22. The third kappa shape index (κ3) is 3.62. The number of fused-ring (bicyclic) bond motifs is 1. The number of piperazine rings is 1. The Balaban J connectivity index is 1.43. The van der Waals surface area contributed by atoms with Crippen LogP contribution in [0.4, 0.5) is 0 Å². The second kappa shape index (κ2) is 8.51. The SMILES string of the molecule is CN1CCN(C(=O)c2ccc3c(c2)C(=O)N(C2CCCCC2)C3=O)C(c2ccccc2)C1. The summed E-state index contributed by atoms with van der Waals surface area (Å²) in [4.78, 5) is 45.3. The lowest BCUT2D eigenvalue weighted by Crippen LogP contribution is -2.49. The first-order chi connectivity index (χ1) is 15.5. The molecule has 0 bridgehead atoms. The fourth-order valence-corrected chi connectivity index (χ4v) is 5.35. The predicted molar refractivity (Wildman–Crippen MR) is 122 cm³/mol. The van der Waals surface area contributed by atoms with E-state index in [0.29, 0.717) is 23.2 Å². The molecule has 0 spiro atoms. The first-order valence-electron chi connectivity index (χ1n) is 11.6. The predicted octanol–water partition coefficient (Wildman–Crippen LogP) is 3.74. The first kappa shape index (κ1) is 20.9. The van der Waals surface area contributed by atoms with Crippen molar-refractivity contribution < 1.29 is 14.4 Å². The van der Waals surface area contributed by atoms with E-state index < -0.39 is 0 Å². The Morgan fingerprint density at radius 1 is 0.875 bits per heavy atom. The first-order valence-corrected chi connectivity index (χ1v) is 11.6. The van der Waals surface area contributed by atoms with Crippen LogP contribution in [0.1, 0.15) is 74.8 Å². The maximum atomic E-state index is 13.6. The fraction of sp³-hybridized carbons (Fsp3) is 0.423. The highest BCUT2D eigenvalue weighted by Crippen LogP contribution is 2.33. The van der Waals surface area contributed by atoms with Gasteiger partial charge >= 0.3 is 0 Å². The van der Waals surface area contributed by atoms with Gasteiger partial charge in [0.1, 0.15) is 0 Å². The van der Waals surface area contributed by atoms with Gasteiger partial charge < -0.3 is 9.80 Å². The van der Waals surface area contributed by atoms with Gasteiger partial charge in [0.2, 0.25) is 0 Å². The van der Waals surface area contributed by atoms with Crippen molar-refractivity contribution in [1.29, 1.82) is 0 Å². The summed E-state index contributed by atoms with van der Waals surface area (Å²) in [5.74, 6) is -0.548. The summed E-state index contributed by atoms with van der Waals surface area (Å²) in [7, 11) is 2.07. The molecule has 2 aromatic rings. The van der Waals surface area contributed by atoms with E-state index in [1.54, 1.807) is 18.2 Å². The second-order valence-corrected chi connectivity index (χ2v) is 9.22. The zero-order valence-electron chi connectivity index (χ0n) is 18.5. The van der Waals surface area contributed by atoms with E-state index in [2.05, 4.69) is 24.1 Å². The Morgan fingerprint density at radius 3 is 2.34 bits per heavy atom. The minimum Gasteiger partial charge on any atom is -0.329 e. The lowest BCUT2D eigenvalue weighted by Gasteiger charge is -2.40. The van der Waals surface area contributed by atoms with Crippen molar-refractivity contribution in [3.05, 3.63) is 70.8 Å². The van der Waals surface area contributed by atoms with Gasteiger partial charge in [0.25, 0.3) is 17.7 Å². The molecule has 2 aromatic carbocycles. The lowest BCUT2D eigenvalue weighted by molar-refractivity contribution is 0.0497. The van der Waals surface area contributed by atoms with E-state index in [1.807, 2.05) is 23.1 Å². The summed E-state index contributed by atoms with van der Waals surface area (Å²) in [6.45, 7) is 2.17. The highest BCUT2D eigenvalue weighted by molar-refractivity contribution is 6.22. The van der Waals surface area contributed by atoms with E-state index in [4.69, 9.17) is 0 Å². The number of benzene rings is 2. The molecule has 6 nitrogen and oxygen atoms in total. The van der Waals surface area contributed by atoms with E-state index >= 15 is 0 Å². The minimum absolute atomic E-state index is 0.0182. The van der Waals surface area contributed by atoms with Crippen LogP contribution in [0.5, 0.6) is 0 Å². The van der Waals surface area contributed by atoms with Gasteiger partial charge in [0.15, 0.2) is 0 Å². The molecule has 2 fully saturated rings. The number of amides is 3. The van der Waals surface area contributed by atoms with E-state index in [0.717, 1.165) is 50.8 Å². The van der Waals surface area contributed by atoms with Gasteiger partial charge in [0, 0.05) is 31.2 Å². The molecule has 1 saturated carbocycles. The van der Waals surface area contributed by atoms with Crippen molar-refractivity contribution >= 4 is 17.7 Å². The number of carbonyl (C=O) groups excluding carboxylic acids is 3. The molecule has 2 aliphatic heterocycles. The zero-order chi connectivity index (χ0) is 22.2. The van der Waals surface area contributed by atoms with Crippen LogP contribution in [0, 0.1) is 0 Å². The Labute approximate surface area is 188 Å². The Hall–Kier alpha value is -2.99. The van der Waals surface area contributed by atoms with Crippen LogP contribution in [0.25, 0.3) is 0 Å². The molecule has 1 saturated heterocycles. The third-order valence-electron chi connectivity index (χ3n) is 7.13. The normalized spacial score (nSPS) is 22.3. The summed E-state index contributed by atoms with van der Waals surface area (Å²) in [6, 6.07) is 15.0. The van der Waals surface area contributed by atoms with Crippen LogP contribution in [0.15, 0.2) is 48.5 Å². The number of imide groups is 1. The minimum atomic E-state index is -0.246. The number of carbonyl (C=O) groups is 3. The molecule has 1 unspecified atom stereocenters. The molecule has 5 rings (SSSR count). The molecule has 0 radical (unpaired) electrons. The van der Waals surface area contributed by atoms with Gasteiger partial charge in [-0.1, -0.05) is 49.6 Å². The molecule has 32 heavy (non-hydrogen) atoms. The number of hydrogen-bond donors (Lipinski definition) is 0. The number of likely N-dealkylation sites (N-methyl/N-ethyl adjacent to an activating group) is 1. The Kier molecular flexibility index (Phi) is 5.55. The molecule has 1 aliphatic carbocycles. The van der Waals surface area contributed by atoms with Crippen molar-refractivity contribution in [3.63, 3.8) is 0 Å². The molecule has 0 N–H and O–H groups in total.